The molecule has 92 valence electrons. The summed E-state index contributed by atoms with van der Waals surface area (Å²) >= 11 is 1.24. The zero-order valence-corrected chi connectivity index (χ0v) is 10.4. The first-order chi connectivity index (χ1) is 8.56. The van der Waals surface area contributed by atoms with Gasteiger partial charge in [0, 0.05) is 12.4 Å². The lowest BCUT2D eigenvalue weighted by Crippen LogP contribution is -2.13. The zero-order chi connectivity index (χ0) is 13.1. The van der Waals surface area contributed by atoms with Crippen molar-refractivity contribution >= 4 is 23.4 Å². The Bertz CT molecular complexity index is 584. The number of carbonyl (C=O) groups excluding carboxylic acids is 1. The minimum absolute atomic E-state index is 0.250. The maximum Gasteiger partial charge on any atom is 0.250 e. The van der Waals surface area contributed by atoms with Gasteiger partial charge in [-0.1, -0.05) is 0 Å². The highest BCUT2D eigenvalue weighted by molar-refractivity contribution is 7.99. The number of nitrogens with two attached hydrogens (primary N) is 2. The Hall–Kier alpha value is -2.15. The number of aromatic nitrogens is 3. The number of rotatable bonds is 3. The maximum absolute atomic E-state index is 11.1. The SMILES string of the molecule is Cc1cnc(Sc2cc(C(N)=O)c(N)cn2)nc1. The summed E-state index contributed by atoms with van der Waals surface area (Å²) in [6.45, 7) is 1.90. The van der Waals surface area contributed by atoms with Gasteiger partial charge in [0.05, 0.1) is 17.4 Å². The Labute approximate surface area is 108 Å². The monoisotopic (exact) mass is 261 g/mol. The summed E-state index contributed by atoms with van der Waals surface area (Å²) in [7, 11) is 0. The molecular weight excluding hydrogens is 250 g/mol. The van der Waals surface area contributed by atoms with Crippen molar-refractivity contribution in [2.24, 2.45) is 5.73 Å². The van der Waals surface area contributed by atoms with E-state index < -0.39 is 5.91 Å². The van der Waals surface area contributed by atoms with E-state index in [9.17, 15) is 4.79 Å². The molecule has 1 amide bonds. The first-order valence-electron chi connectivity index (χ1n) is 5.08. The lowest BCUT2D eigenvalue weighted by molar-refractivity contribution is 0.100. The predicted molar refractivity (Wildman–Crippen MR) is 68.1 cm³/mol. The van der Waals surface area contributed by atoms with Crippen molar-refractivity contribution in [2.75, 3.05) is 5.73 Å². The van der Waals surface area contributed by atoms with Gasteiger partial charge in [-0.25, -0.2) is 15.0 Å². The number of hydrogen-bond acceptors (Lipinski definition) is 6. The minimum Gasteiger partial charge on any atom is -0.397 e. The Morgan fingerprint density at radius 1 is 1.22 bits per heavy atom. The van der Waals surface area contributed by atoms with Crippen molar-refractivity contribution in [3.63, 3.8) is 0 Å². The third-order valence-electron chi connectivity index (χ3n) is 2.13. The van der Waals surface area contributed by atoms with Crippen molar-refractivity contribution in [1.29, 1.82) is 0 Å². The normalized spacial score (nSPS) is 10.3. The van der Waals surface area contributed by atoms with E-state index in [2.05, 4.69) is 15.0 Å². The molecule has 0 aliphatic heterocycles. The molecule has 4 N–H and O–H groups in total. The number of amides is 1. The molecule has 18 heavy (non-hydrogen) atoms. The zero-order valence-electron chi connectivity index (χ0n) is 9.62. The molecule has 7 heteroatoms. The van der Waals surface area contributed by atoms with Crippen molar-refractivity contribution in [3.05, 3.63) is 35.8 Å². The van der Waals surface area contributed by atoms with Crippen LogP contribution in [0.2, 0.25) is 0 Å². The third kappa shape index (κ3) is 2.75. The summed E-state index contributed by atoms with van der Waals surface area (Å²) in [6.07, 6.45) is 4.82. The summed E-state index contributed by atoms with van der Waals surface area (Å²) < 4.78 is 0. The molecule has 0 aliphatic carbocycles. The van der Waals surface area contributed by atoms with E-state index in [4.69, 9.17) is 11.5 Å². The fourth-order valence-corrected chi connectivity index (χ4v) is 1.92. The second-order valence-corrected chi connectivity index (χ2v) is 4.61. The molecule has 0 saturated heterocycles. The Kier molecular flexibility index (Phi) is 3.42. The van der Waals surface area contributed by atoms with Gasteiger partial charge in [-0.05, 0) is 30.3 Å². The van der Waals surface area contributed by atoms with Crippen LogP contribution >= 0.6 is 11.8 Å². The van der Waals surface area contributed by atoms with Crippen LogP contribution in [0.15, 0.2) is 34.8 Å². The van der Waals surface area contributed by atoms with E-state index in [0.717, 1.165) is 5.56 Å². The van der Waals surface area contributed by atoms with Gasteiger partial charge in [-0.15, -0.1) is 0 Å². The molecule has 0 saturated carbocycles. The van der Waals surface area contributed by atoms with E-state index in [-0.39, 0.29) is 11.3 Å². The van der Waals surface area contributed by atoms with Crippen molar-refractivity contribution in [1.82, 2.24) is 15.0 Å². The molecule has 0 aromatic carbocycles. The van der Waals surface area contributed by atoms with Crippen LogP contribution in [-0.4, -0.2) is 20.9 Å². The summed E-state index contributed by atoms with van der Waals surface area (Å²) in [5.74, 6) is -0.582. The molecule has 2 heterocycles. The van der Waals surface area contributed by atoms with E-state index in [1.165, 1.54) is 24.0 Å². The summed E-state index contributed by atoms with van der Waals surface area (Å²) in [5, 5.41) is 1.12. The molecule has 0 bridgehead atoms. The van der Waals surface area contributed by atoms with Crippen molar-refractivity contribution in [2.45, 2.75) is 17.1 Å². The van der Waals surface area contributed by atoms with Crippen LogP contribution < -0.4 is 11.5 Å². The standard InChI is InChI=1S/C11H11N5OS/c1-6-3-15-11(16-4-6)18-9-2-7(10(13)17)8(12)5-14-9/h2-5H,12H2,1H3,(H2,13,17). The maximum atomic E-state index is 11.1. The van der Waals surface area contributed by atoms with E-state index >= 15 is 0 Å². The largest absolute Gasteiger partial charge is 0.397 e. The van der Waals surface area contributed by atoms with E-state index in [0.29, 0.717) is 10.2 Å². The quantitative estimate of drug-likeness (QED) is 0.798. The highest BCUT2D eigenvalue weighted by atomic mass is 32.2. The number of pyridine rings is 1. The molecule has 0 radical (unpaired) electrons. The van der Waals surface area contributed by atoms with Gasteiger partial charge in [0.15, 0.2) is 5.16 Å². The second kappa shape index (κ2) is 5.01. The van der Waals surface area contributed by atoms with Crippen LogP contribution in [0.25, 0.3) is 0 Å². The van der Waals surface area contributed by atoms with Crippen LogP contribution in [0, 0.1) is 6.92 Å². The van der Waals surface area contributed by atoms with Crippen LogP contribution in [0.5, 0.6) is 0 Å². The molecule has 0 fully saturated rings. The van der Waals surface area contributed by atoms with Gasteiger partial charge < -0.3 is 11.5 Å². The molecule has 2 rings (SSSR count). The fraction of sp³-hybridized carbons (Fsp3) is 0.0909. The van der Waals surface area contributed by atoms with Crippen LogP contribution in [-0.2, 0) is 0 Å². The van der Waals surface area contributed by atoms with Gasteiger partial charge in [-0.2, -0.15) is 0 Å². The van der Waals surface area contributed by atoms with Gasteiger partial charge in [-0.3, -0.25) is 4.79 Å². The molecule has 0 aliphatic rings. The van der Waals surface area contributed by atoms with Crippen LogP contribution in [0.3, 0.4) is 0 Å². The number of nitrogen functional groups attached to an aromatic ring is 1. The molecular formula is C11H11N5OS. The summed E-state index contributed by atoms with van der Waals surface area (Å²) in [4.78, 5) is 23.5. The van der Waals surface area contributed by atoms with Crippen molar-refractivity contribution < 1.29 is 4.79 Å². The lowest BCUT2D eigenvalue weighted by atomic mass is 10.2. The van der Waals surface area contributed by atoms with Gasteiger partial charge in [0.25, 0.3) is 5.91 Å². The summed E-state index contributed by atoms with van der Waals surface area (Å²) in [5.41, 5.74) is 12.3. The molecule has 0 atom stereocenters. The first-order valence-corrected chi connectivity index (χ1v) is 5.90. The van der Waals surface area contributed by atoms with Crippen LogP contribution in [0.4, 0.5) is 5.69 Å². The van der Waals surface area contributed by atoms with E-state index in [1.807, 2.05) is 6.92 Å². The average molecular weight is 261 g/mol. The van der Waals surface area contributed by atoms with Gasteiger partial charge >= 0.3 is 0 Å². The molecule has 0 unspecified atom stereocenters. The molecule has 6 nitrogen and oxygen atoms in total. The second-order valence-electron chi connectivity index (χ2n) is 3.62. The van der Waals surface area contributed by atoms with Gasteiger partial charge in [0.1, 0.15) is 5.03 Å². The van der Waals surface area contributed by atoms with Crippen molar-refractivity contribution in [3.8, 4) is 0 Å². The Balaban J connectivity index is 2.27. The fourth-order valence-electron chi connectivity index (χ4n) is 1.24. The third-order valence-corrected chi connectivity index (χ3v) is 2.95. The van der Waals surface area contributed by atoms with Crippen LogP contribution in [0.1, 0.15) is 15.9 Å². The summed E-state index contributed by atoms with van der Waals surface area (Å²) in [6, 6.07) is 1.53. The average Bonchev–Trinajstić information content (AvgIpc) is 2.34. The number of primary amides is 1. The number of aryl methyl sites for hydroxylation is 1. The number of nitrogens with zero attached hydrogens (tertiary/aromatic N) is 3. The first kappa shape index (κ1) is 12.3. The molecule has 2 aromatic rings. The Morgan fingerprint density at radius 3 is 2.50 bits per heavy atom. The number of carbonyl (C=O) groups is 1. The number of anilines is 1. The molecule has 0 spiro atoms. The highest BCUT2D eigenvalue weighted by Gasteiger charge is 2.09. The molecule has 2 aromatic heterocycles. The highest BCUT2D eigenvalue weighted by Crippen LogP contribution is 2.24. The lowest BCUT2D eigenvalue weighted by Gasteiger charge is -2.04. The van der Waals surface area contributed by atoms with Gasteiger partial charge in [0.2, 0.25) is 0 Å². The minimum atomic E-state index is -0.582. The number of hydrogen-bond donors (Lipinski definition) is 2. The Morgan fingerprint density at radius 2 is 1.89 bits per heavy atom. The smallest absolute Gasteiger partial charge is 0.250 e. The van der Waals surface area contributed by atoms with E-state index in [1.54, 1.807) is 12.4 Å². The predicted octanol–water partition coefficient (Wildman–Crippen LogP) is 1.01. The topological polar surface area (TPSA) is 108 Å².